The molecule has 4 nitrogen and oxygen atoms in total. The maximum absolute atomic E-state index is 14.1. The lowest BCUT2D eigenvalue weighted by Crippen LogP contribution is -2.24. The summed E-state index contributed by atoms with van der Waals surface area (Å²) < 4.78 is 14.1. The molecule has 0 saturated carbocycles. The van der Waals surface area contributed by atoms with Gasteiger partial charge in [-0.1, -0.05) is 42.0 Å². The summed E-state index contributed by atoms with van der Waals surface area (Å²) in [4.78, 5) is 23.4. The second kappa shape index (κ2) is 8.16. The van der Waals surface area contributed by atoms with Gasteiger partial charge in [-0.3, -0.25) is 0 Å². The Morgan fingerprint density at radius 2 is 1.70 bits per heavy atom. The van der Waals surface area contributed by atoms with Crippen molar-refractivity contribution in [1.29, 1.82) is 0 Å². The van der Waals surface area contributed by atoms with Gasteiger partial charge in [0.2, 0.25) is 0 Å². The van der Waals surface area contributed by atoms with Crippen LogP contribution in [0.1, 0.15) is 43.8 Å². The Hall–Kier alpha value is -3.44. The van der Waals surface area contributed by atoms with Crippen molar-refractivity contribution >= 4 is 35.7 Å². The van der Waals surface area contributed by atoms with Gasteiger partial charge in [0.15, 0.2) is 0 Å². The van der Waals surface area contributed by atoms with Gasteiger partial charge >= 0.3 is 11.9 Å². The van der Waals surface area contributed by atoms with Crippen LogP contribution in [0.5, 0.6) is 0 Å². The smallest absolute Gasteiger partial charge is 0.335 e. The third-order valence-corrected chi connectivity index (χ3v) is 6.95. The van der Waals surface area contributed by atoms with E-state index in [1.807, 2.05) is 12.1 Å². The average molecular weight is 463 g/mol. The molecule has 0 bridgehead atoms. The fourth-order valence-electron chi connectivity index (χ4n) is 5.12. The molecular formula is C27H20ClFO4. The molecule has 1 atom stereocenters. The SMILES string of the molecule is O=C(O)c1cccc(C(=O)O)c1CC1C=c2ccc3c(c2CC1)CC=c1cc(Cl)c(F)cc1=3. The summed E-state index contributed by atoms with van der Waals surface area (Å²) in [5.74, 6) is -2.67. The molecule has 0 aromatic heterocycles. The number of carboxylic acid groups (broad SMARTS) is 2. The number of hydrogen-bond donors (Lipinski definition) is 2. The fraction of sp³-hybridized carbons (Fsp3) is 0.185. The molecule has 0 saturated heterocycles. The minimum atomic E-state index is -1.13. The van der Waals surface area contributed by atoms with Crippen LogP contribution in [0.15, 0.2) is 42.5 Å². The molecule has 33 heavy (non-hydrogen) atoms. The summed E-state index contributed by atoms with van der Waals surface area (Å²) >= 11 is 5.96. The molecule has 5 rings (SSSR count). The Bertz CT molecular complexity index is 1530. The summed E-state index contributed by atoms with van der Waals surface area (Å²) in [6.45, 7) is 0. The quantitative estimate of drug-likeness (QED) is 0.612. The van der Waals surface area contributed by atoms with Crippen molar-refractivity contribution in [2.75, 3.05) is 0 Å². The van der Waals surface area contributed by atoms with Crippen LogP contribution < -0.4 is 10.4 Å². The molecule has 0 fully saturated rings. The van der Waals surface area contributed by atoms with Gasteiger partial charge in [0.05, 0.1) is 16.1 Å². The monoisotopic (exact) mass is 462 g/mol. The lowest BCUT2D eigenvalue weighted by Gasteiger charge is -2.23. The van der Waals surface area contributed by atoms with E-state index in [1.165, 1.54) is 35.4 Å². The predicted molar refractivity (Wildman–Crippen MR) is 123 cm³/mol. The Kier molecular flexibility index (Phi) is 5.29. The molecule has 0 radical (unpaired) electrons. The first kappa shape index (κ1) is 21.4. The maximum Gasteiger partial charge on any atom is 0.335 e. The highest BCUT2D eigenvalue weighted by molar-refractivity contribution is 6.30. The van der Waals surface area contributed by atoms with Crippen molar-refractivity contribution in [3.63, 3.8) is 0 Å². The molecule has 3 aromatic carbocycles. The Labute approximate surface area is 193 Å². The lowest BCUT2D eigenvalue weighted by atomic mass is 9.81. The van der Waals surface area contributed by atoms with Crippen molar-refractivity contribution in [3.8, 4) is 0 Å². The van der Waals surface area contributed by atoms with Gasteiger partial charge in [-0.15, -0.1) is 0 Å². The first-order valence-corrected chi connectivity index (χ1v) is 11.1. The zero-order valence-electron chi connectivity index (χ0n) is 17.6. The molecule has 0 aliphatic heterocycles. The van der Waals surface area contributed by atoms with Crippen molar-refractivity contribution in [2.45, 2.75) is 25.7 Å². The zero-order chi connectivity index (χ0) is 23.3. The second-order valence-electron chi connectivity index (χ2n) is 8.53. The van der Waals surface area contributed by atoms with E-state index in [0.717, 1.165) is 40.1 Å². The van der Waals surface area contributed by atoms with Crippen LogP contribution in [-0.4, -0.2) is 22.2 Å². The topological polar surface area (TPSA) is 74.6 Å². The van der Waals surface area contributed by atoms with E-state index >= 15 is 0 Å². The minimum absolute atomic E-state index is 0.0188. The number of halogens is 2. The standard InChI is InChI=1S/C27H20ClFO4/c28-24-12-16-6-8-18-17-7-4-14(10-15(17)5-9-19(18)22(16)13-25(24)29)11-23-20(26(30)31)2-1-3-21(23)27(32)33/h1-3,5-6,9-10,12-14H,4,7-8,11H2,(H,30,31)(H,32,33). The van der Waals surface area contributed by atoms with E-state index in [1.54, 1.807) is 6.07 Å². The average Bonchev–Trinajstić information content (AvgIpc) is 2.79. The molecule has 0 amide bonds. The molecule has 2 aliphatic carbocycles. The largest absolute Gasteiger partial charge is 0.478 e. The summed E-state index contributed by atoms with van der Waals surface area (Å²) in [5.41, 5.74) is 2.81. The summed E-state index contributed by atoms with van der Waals surface area (Å²) in [7, 11) is 0. The van der Waals surface area contributed by atoms with Crippen LogP contribution in [0.4, 0.5) is 4.39 Å². The number of carbonyl (C=O) groups is 2. The van der Waals surface area contributed by atoms with E-state index < -0.39 is 17.8 Å². The zero-order valence-corrected chi connectivity index (χ0v) is 18.3. The molecule has 3 aromatic rings. The van der Waals surface area contributed by atoms with Gasteiger partial charge in [0.1, 0.15) is 5.82 Å². The third kappa shape index (κ3) is 3.72. The Balaban J connectivity index is 1.61. The van der Waals surface area contributed by atoms with Crippen LogP contribution in [-0.2, 0) is 19.3 Å². The van der Waals surface area contributed by atoms with Crippen LogP contribution in [0, 0.1) is 22.2 Å². The van der Waals surface area contributed by atoms with Crippen molar-refractivity contribution in [2.24, 2.45) is 5.92 Å². The van der Waals surface area contributed by atoms with Gasteiger partial charge in [0, 0.05) is 0 Å². The van der Waals surface area contributed by atoms with Crippen LogP contribution in [0.3, 0.4) is 0 Å². The number of rotatable bonds is 4. The number of carboxylic acids is 2. The highest BCUT2D eigenvalue weighted by Gasteiger charge is 2.23. The first-order chi connectivity index (χ1) is 15.8. The predicted octanol–water partition coefficient (Wildman–Crippen LogP) is 4.08. The summed E-state index contributed by atoms with van der Waals surface area (Å²) in [5, 5.41) is 23.1. The van der Waals surface area contributed by atoms with Gasteiger partial charge < -0.3 is 10.2 Å². The third-order valence-electron chi connectivity index (χ3n) is 6.66. The summed E-state index contributed by atoms with van der Waals surface area (Å²) in [6.07, 6.45) is 6.82. The van der Waals surface area contributed by atoms with Crippen LogP contribution in [0.2, 0.25) is 5.02 Å². The Morgan fingerprint density at radius 3 is 2.39 bits per heavy atom. The fourth-order valence-corrected chi connectivity index (χ4v) is 5.29. The van der Waals surface area contributed by atoms with Crippen molar-refractivity contribution in [3.05, 3.63) is 102 Å². The second-order valence-corrected chi connectivity index (χ2v) is 8.94. The lowest BCUT2D eigenvalue weighted by molar-refractivity contribution is 0.0695. The van der Waals surface area contributed by atoms with Gasteiger partial charge in [-0.2, -0.15) is 0 Å². The number of benzene rings is 3. The van der Waals surface area contributed by atoms with Crippen molar-refractivity contribution in [1.82, 2.24) is 0 Å². The van der Waals surface area contributed by atoms with Gasteiger partial charge in [-0.05, 0) is 93.4 Å². The van der Waals surface area contributed by atoms with Crippen LogP contribution >= 0.6 is 11.6 Å². The molecule has 0 spiro atoms. The molecule has 6 heteroatoms. The number of aromatic carboxylic acids is 2. The highest BCUT2D eigenvalue weighted by Crippen LogP contribution is 2.27. The highest BCUT2D eigenvalue weighted by atomic mass is 35.5. The van der Waals surface area contributed by atoms with Crippen molar-refractivity contribution < 1.29 is 24.2 Å². The van der Waals surface area contributed by atoms with Crippen LogP contribution in [0.25, 0.3) is 12.2 Å². The molecule has 166 valence electrons. The number of fused-ring (bicyclic) bond motifs is 4. The molecule has 2 N–H and O–H groups in total. The van der Waals surface area contributed by atoms with E-state index in [-0.39, 0.29) is 22.1 Å². The molecule has 2 aliphatic rings. The molecule has 0 heterocycles. The molecule has 1 unspecified atom stereocenters. The van der Waals surface area contributed by atoms with E-state index in [0.29, 0.717) is 12.0 Å². The maximum atomic E-state index is 14.1. The van der Waals surface area contributed by atoms with E-state index in [9.17, 15) is 24.2 Å². The van der Waals surface area contributed by atoms with E-state index in [2.05, 4.69) is 12.2 Å². The molecular weight excluding hydrogens is 443 g/mol. The van der Waals surface area contributed by atoms with E-state index in [4.69, 9.17) is 11.6 Å². The normalized spacial score (nSPS) is 16.0. The Morgan fingerprint density at radius 1 is 0.970 bits per heavy atom. The number of hydrogen-bond acceptors (Lipinski definition) is 2. The summed E-state index contributed by atoms with van der Waals surface area (Å²) in [6, 6.07) is 11.5. The van der Waals surface area contributed by atoms with Gasteiger partial charge in [-0.25, -0.2) is 14.0 Å². The van der Waals surface area contributed by atoms with Gasteiger partial charge in [0.25, 0.3) is 0 Å². The first-order valence-electron chi connectivity index (χ1n) is 10.7. The minimum Gasteiger partial charge on any atom is -0.478 e.